The fraction of sp³-hybridized carbons (Fsp3) is 0.851. The number of phosphoric ester groups is 1. The molecular weight excluding hydrogens is 769 g/mol. The summed E-state index contributed by atoms with van der Waals surface area (Å²) in [5, 5.41) is 21.9. The number of aliphatic hydroxyl groups excluding tert-OH is 1. The summed E-state index contributed by atoms with van der Waals surface area (Å²) in [6, 6.07) is -1.54. The van der Waals surface area contributed by atoms with Crippen LogP contribution in [0.15, 0.2) is 24.3 Å². The number of hydrogen-bond acceptors (Lipinski definition) is 8. The van der Waals surface area contributed by atoms with Crippen molar-refractivity contribution in [2.75, 3.05) is 19.8 Å². The van der Waals surface area contributed by atoms with Gasteiger partial charge < -0.3 is 25.2 Å². The number of carbonyl (C=O) groups excluding carboxylic acids is 2. The molecule has 0 aromatic carbocycles. The highest BCUT2D eigenvalue weighted by atomic mass is 31.2. The van der Waals surface area contributed by atoms with Crippen molar-refractivity contribution in [2.24, 2.45) is 0 Å². The number of amides is 1. The zero-order chi connectivity index (χ0) is 43.5. The Kier molecular flexibility index (Phi) is 41.2. The van der Waals surface area contributed by atoms with Crippen LogP contribution in [0.2, 0.25) is 0 Å². The van der Waals surface area contributed by atoms with Crippen LogP contribution in [-0.4, -0.2) is 64.9 Å². The molecule has 0 aliphatic rings. The Balaban J connectivity index is 3.86. The van der Waals surface area contributed by atoms with Gasteiger partial charge in [0.25, 0.3) is 0 Å². The Morgan fingerprint density at radius 3 is 1.39 bits per heavy atom. The first kappa shape index (κ1) is 57.0. The molecule has 11 nitrogen and oxygen atoms in total. The van der Waals surface area contributed by atoms with E-state index in [4.69, 9.17) is 13.8 Å². The van der Waals surface area contributed by atoms with Gasteiger partial charge >= 0.3 is 19.8 Å². The number of carboxylic acids is 1. The molecule has 0 rings (SSSR count). The summed E-state index contributed by atoms with van der Waals surface area (Å²) in [4.78, 5) is 46.0. The third kappa shape index (κ3) is 42.4. The van der Waals surface area contributed by atoms with E-state index in [1.807, 2.05) is 0 Å². The van der Waals surface area contributed by atoms with E-state index in [-0.39, 0.29) is 12.8 Å². The SMILES string of the molecule is CCCCCC/C=C\C/C=C\CCCCCCCCCC(=O)OCC(O)COP(=O)(O)OCC(NC(=O)CCCCCCCCCCCCCCCCCCC)C(=O)O. The van der Waals surface area contributed by atoms with Crippen molar-refractivity contribution in [3.05, 3.63) is 24.3 Å². The molecule has 59 heavy (non-hydrogen) atoms. The molecule has 4 N–H and O–H groups in total. The maximum Gasteiger partial charge on any atom is 0.472 e. The molecule has 0 aromatic heterocycles. The van der Waals surface area contributed by atoms with Crippen LogP contribution in [0.3, 0.4) is 0 Å². The Morgan fingerprint density at radius 2 is 0.932 bits per heavy atom. The van der Waals surface area contributed by atoms with Crippen molar-refractivity contribution >= 4 is 25.7 Å². The molecule has 0 saturated carbocycles. The molecule has 3 unspecified atom stereocenters. The Morgan fingerprint density at radius 1 is 0.542 bits per heavy atom. The topological polar surface area (TPSA) is 169 Å². The van der Waals surface area contributed by atoms with Gasteiger partial charge in [-0.1, -0.05) is 192 Å². The fourth-order valence-corrected chi connectivity index (χ4v) is 7.53. The minimum absolute atomic E-state index is 0.150. The van der Waals surface area contributed by atoms with Crippen molar-refractivity contribution in [2.45, 2.75) is 238 Å². The predicted molar refractivity (Wildman–Crippen MR) is 240 cm³/mol. The molecule has 0 saturated heterocycles. The maximum absolute atomic E-state index is 12.3. The molecule has 0 aromatic rings. The normalized spacial score (nSPS) is 13.8. The lowest BCUT2D eigenvalue weighted by atomic mass is 10.0. The molecule has 0 heterocycles. The number of phosphoric acid groups is 1. The first-order chi connectivity index (χ1) is 28.6. The van der Waals surface area contributed by atoms with Gasteiger partial charge in [0.15, 0.2) is 6.04 Å². The van der Waals surface area contributed by atoms with Gasteiger partial charge in [-0.2, -0.15) is 0 Å². The van der Waals surface area contributed by atoms with Crippen LogP contribution in [0.5, 0.6) is 0 Å². The number of ether oxygens (including phenoxy) is 1. The van der Waals surface area contributed by atoms with E-state index in [0.717, 1.165) is 51.4 Å². The van der Waals surface area contributed by atoms with Gasteiger partial charge in [-0.15, -0.1) is 0 Å². The largest absolute Gasteiger partial charge is 0.480 e. The van der Waals surface area contributed by atoms with Crippen molar-refractivity contribution in [1.29, 1.82) is 0 Å². The second kappa shape index (κ2) is 42.6. The second-order valence-electron chi connectivity index (χ2n) is 16.3. The molecule has 3 atom stereocenters. The zero-order valence-corrected chi connectivity index (χ0v) is 38.5. The number of carbonyl (C=O) groups is 3. The molecule has 0 bridgehead atoms. The molecule has 0 spiro atoms. The number of esters is 1. The third-order valence-corrected chi connectivity index (χ3v) is 11.4. The summed E-state index contributed by atoms with van der Waals surface area (Å²) in [5.74, 6) is -2.37. The summed E-state index contributed by atoms with van der Waals surface area (Å²) in [7, 11) is -4.76. The Hall–Kier alpha value is -2.04. The number of aliphatic hydroxyl groups is 1. The van der Waals surface area contributed by atoms with Crippen LogP contribution in [0.1, 0.15) is 226 Å². The number of hydrogen-bond donors (Lipinski definition) is 4. The summed E-state index contributed by atoms with van der Waals surface area (Å²) in [6.07, 6.45) is 44.8. The summed E-state index contributed by atoms with van der Waals surface area (Å²) in [6.45, 7) is 2.60. The van der Waals surface area contributed by atoms with Crippen LogP contribution in [0.25, 0.3) is 0 Å². The lowest BCUT2D eigenvalue weighted by Crippen LogP contribution is -2.43. The van der Waals surface area contributed by atoms with E-state index >= 15 is 0 Å². The molecule has 0 aliphatic heterocycles. The number of nitrogens with one attached hydrogen (secondary N) is 1. The second-order valence-corrected chi connectivity index (χ2v) is 17.8. The molecule has 0 radical (unpaired) electrons. The minimum Gasteiger partial charge on any atom is -0.480 e. The summed E-state index contributed by atoms with van der Waals surface area (Å²) < 4.78 is 26.9. The number of unbranched alkanes of at least 4 members (excludes halogenated alkanes) is 27. The standard InChI is InChI=1S/C47H88NO10P/c1-3-5-7-9-11-13-15-17-19-21-23-25-27-29-31-33-35-37-39-46(51)56-40-43(49)41-57-59(54,55)58-42-44(47(52)53)48-45(50)38-36-34-32-30-28-26-24-22-20-18-16-14-12-10-8-6-4-2/h13,15,19,21,43-44,49H,3-12,14,16-18,20,22-42H2,1-2H3,(H,48,50)(H,52,53)(H,54,55)/b15-13-,21-19-. The number of aliphatic carboxylic acids is 1. The van der Waals surface area contributed by atoms with E-state index in [1.54, 1.807) is 0 Å². The smallest absolute Gasteiger partial charge is 0.472 e. The molecule has 0 aliphatic carbocycles. The predicted octanol–water partition coefficient (Wildman–Crippen LogP) is 12.6. The lowest BCUT2D eigenvalue weighted by Gasteiger charge is -2.18. The fourth-order valence-electron chi connectivity index (χ4n) is 6.76. The Labute approximate surface area is 359 Å². The monoisotopic (exact) mass is 858 g/mol. The van der Waals surface area contributed by atoms with E-state index in [9.17, 15) is 34.1 Å². The van der Waals surface area contributed by atoms with Gasteiger partial charge in [0.2, 0.25) is 5.91 Å². The van der Waals surface area contributed by atoms with Crippen molar-refractivity contribution in [1.82, 2.24) is 5.32 Å². The van der Waals surface area contributed by atoms with Crippen LogP contribution in [0.4, 0.5) is 0 Å². The van der Waals surface area contributed by atoms with E-state index in [0.29, 0.717) is 12.8 Å². The highest BCUT2D eigenvalue weighted by Gasteiger charge is 2.28. The van der Waals surface area contributed by atoms with Gasteiger partial charge in [-0.25, -0.2) is 9.36 Å². The van der Waals surface area contributed by atoms with Gasteiger partial charge in [0, 0.05) is 12.8 Å². The molecular formula is C47H88NO10P. The van der Waals surface area contributed by atoms with E-state index < -0.39 is 57.6 Å². The number of rotatable bonds is 45. The first-order valence-corrected chi connectivity index (χ1v) is 25.4. The summed E-state index contributed by atoms with van der Waals surface area (Å²) in [5.41, 5.74) is 0. The van der Waals surface area contributed by atoms with Crippen molar-refractivity contribution in [3.63, 3.8) is 0 Å². The van der Waals surface area contributed by atoms with E-state index in [2.05, 4.69) is 43.5 Å². The van der Waals surface area contributed by atoms with Crippen molar-refractivity contribution in [3.8, 4) is 0 Å². The number of allylic oxidation sites excluding steroid dienone is 4. The van der Waals surface area contributed by atoms with Gasteiger partial charge in [0.1, 0.15) is 12.7 Å². The first-order valence-electron chi connectivity index (χ1n) is 23.9. The van der Waals surface area contributed by atoms with Crippen LogP contribution >= 0.6 is 7.82 Å². The van der Waals surface area contributed by atoms with E-state index in [1.165, 1.54) is 135 Å². The van der Waals surface area contributed by atoms with Gasteiger partial charge in [-0.05, 0) is 44.9 Å². The van der Waals surface area contributed by atoms with Gasteiger partial charge in [-0.3, -0.25) is 18.6 Å². The molecule has 12 heteroatoms. The number of carboxylic acid groups (broad SMARTS) is 1. The Bertz CT molecular complexity index is 1100. The van der Waals surface area contributed by atoms with Crippen LogP contribution in [-0.2, 0) is 32.7 Å². The average Bonchev–Trinajstić information content (AvgIpc) is 3.21. The highest BCUT2D eigenvalue weighted by Crippen LogP contribution is 2.43. The maximum atomic E-state index is 12.3. The molecule has 1 amide bonds. The van der Waals surface area contributed by atoms with Crippen molar-refractivity contribution < 1.29 is 47.8 Å². The van der Waals surface area contributed by atoms with Crippen LogP contribution < -0.4 is 5.32 Å². The molecule has 0 fully saturated rings. The quantitative estimate of drug-likeness (QED) is 0.0200. The average molecular weight is 858 g/mol. The zero-order valence-electron chi connectivity index (χ0n) is 37.6. The third-order valence-electron chi connectivity index (χ3n) is 10.5. The summed E-state index contributed by atoms with van der Waals surface area (Å²) >= 11 is 0. The minimum atomic E-state index is -4.76. The molecule has 346 valence electrons. The van der Waals surface area contributed by atoms with Crippen LogP contribution in [0, 0.1) is 0 Å². The van der Waals surface area contributed by atoms with Gasteiger partial charge in [0.05, 0.1) is 13.2 Å². The lowest BCUT2D eigenvalue weighted by molar-refractivity contribution is -0.147. The highest BCUT2D eigenvalue weighted by molar-refractivity contribution is 7.47.